The van der Waals surface area contributed by atoms with E-state index in [1.807, 2.05) is 0 Å². The smallest absolute Gasteiger partial charge is 0.748 e. The Kier molecular flexibility index (Phi) is 19.0. The van der Waals surface area contributed by atoms with E-state index in [0.717, 1.165) is 32.1 Å². The van der Waals surface area contributed by atoms with Gasteiger partial charge in [0.25, 0.3) is 5.84 Å². The van der Waals surface area contributed by atoms with Crippen molar-refractivity contribution < 1.29 is 62.0 Å². The Balaban J connectivity index is 0.0000109. The molecule has 0 radical (unpaired) electrons. The number of ketones is 1. The van der Waals surface area contributed by atoms with Crippen LogP contribution in [-0.4, -0.2) is 83.9 Å². The summed E-state index contributed by atoms with van der Waals surface area (Å²) in [4.78, 5) is 17.1. The fourth-order valence-electron chi connectivity index (χ4n) is 4.44. The minimum absolute atomic E-state index is 0. The van der Waals surface area contributed by atoms with Crippen molar-refractivity contribution in [2.45, 2.75) is 90.1 Å². The number of rotatable bonds is 20. The van der Waals surface area contributed by atoms with Crippen molar-refractivity contribution in [1.29, 1.82) is 0 Å². The minimum atomic E-state index is -4.58. The van der Waals surface area contributed by atoms with Gasteiger partial charge in [0.05, 0.1) is 29.0 Å². The van der Waals surface area contributed by atoms with Crippen molar-refractivity contribution in [2.75, 3.05) is 38.5 Å². The summed E-state index contributed by atoms with van der Waals surface area (Å²) in [6.45, 7) is 2.82. The Morgan fingerprint density at radius 2 is 1.68 bits per heavy atom. The number of quaternary nitrogens is 1. The Bertz CT molecular complexity index is 729. The average Bonchev–Trinajstić information content (AvgIpc) is 3.13. The third-order valence-electron chi connectivity index (χ3n) is 6.14. The van der Waals surface area contributed by atoms with E-state index in [1.165, 1.54) is 38.5 Å². The quantitative estimate of drug-likeness (QED) is 0.0775. The van der Waals surface area contributed by atoms with E-state index >= 15 is 0 Å². The molecule has 0 saturated heterocycles. The Morgan fingerprint density at radius 1 is 1.09 bits per heavy atom. The van der Waals surface area contributed by atoms with Crippen LogP contribution in [0.15, 0.2) is 17.1 Å². The molecule has 2 atom stereocenters. The molecule has 0 saturated carbocycles. The number of hydrogen-bond donors (Lipinski definition) is 2. The van der Waals surface area contributed by atoms with E-state index in [-0.39, 0.29) is 65.4 Å². The van der Waals surface area contributed by atoms with Crippen LogP contribution in [0.2, 0.25) is 0 Å². The molecule has 1 aliphatic rings. The van der Waals surface area contributed by atoms with Crippen LogP contribution in [0.4, 0.5) is 0 Å². The summed E-state index contributed by atoms with van der Waals surface area (Å²) in [7, 11) is -4.58. The first-order valence-electron chi connectivity index (χ1n) is 12.6. The molecule has 192 valence electrons. The summed E-state index contributed by atoms with van der Waals surface area (Å²) in [5.41, 5.74) is 0. The molecular weight excluding hydrogens is 467 g/mol. The molecule has 34 heavy (non-hydrogen) atoms. The van der Waals surface area contributed by atoms with Gasteiger partial charge in [0.1, 0.15) is 25.7 Å². The van der Waals surface area contributed by atoms with E-state index in [0.29, 0.717) is 19.5 Å². The zero-order valence-corrected chi connectivity index (χ0v) is 24.1. The first-order valence-corrected chi connectivity index (χ1v) is 14.1. The van der Waals surface area contributed by atoms with Crippen LogP contribution in [0.3, 0.4) is 0 Å². The van der Waals surface area contributed by atoms with Crippen molar-refractivity contribution >= 4 is 21.7 Å². The van der Waals surface area contributed by atoms with Gasteiger partial charge in [-0.05, 0) is 32.1 Å². The number of allylic oxidation sites excluding steroid dienone is 2. The third-order valence-corrected chi connectivity index (χ3v) is 6.93. The van der Waals surface area contributed by atoms with Gasteiger partial charge in [-0.15, -0.1) is 0 Å². The zero-order valence-electron chi connectivity index (χ0n) is 21.3. The predicted octanol–water partition coefficient (Wildman–Crippen LogP) is -0.0559. The van der Waals surface area contributed by atoms with E-state index in [2.05, 4.69) is 24.1 Å². The van der Waals surface area contributed by atoms with Gasteiger partial charge in [0.2, 0.25) is 5.78 Å². The maximum Gasteiger partial charge on any atom is 1.00 e. The number of aliphatic hydroxyl groups is 2. The van der Waals surface area contributed by atoms with Gasteiger partial charge in [-0.3, -0.25) is 9.28 Å². The molecule has 8 nitrogen and oxygen atoms in total. The summed E-state index contributed by atoms with van der Waals surface area (Å²) in [6.07, 6.45) is 16.1. The zero-order chi connectivity index (χ0) is 24.6. The number of carbonyl (C=O) groups excluding carboxylic acids is 1. The average molecular weight is 512 g/mol. The predicted molar refractivity (Wildman–Crippen MR) is 130 cm³/mol. The Morgan fingerprint density at radius 3 is 2.26 bits per heavy atom. The third kappa shape index (κ3) is 14.4. The van der Waals surface area contributed by atoms with Crippen molar-refractivity contribution in [3.05, 3.63) is 12.2 Å². The number of hydrogen-bond acceptors (Lipinski definition) is 7. The molecule has 0 bridgehead atoms. The molecule has 1 rings (SSSR count). The van der Waals surface area contributed by atoms with E-state index in [4.69, 9.17) is 0 Å². The largest absolute Gasteiger partial charge is 1.00 e. The molecule has 0 fully saturated rings. The van der Waals surface area contributed by atoms with Crippen molar-refractivity contribution in [3.8, 4) is 0 Å². The molecule has 1 aliphatic heterocycles. The maximum absolute atomic E-state index is 12.8. The maximum atomic E-state index is 12.8. The Labute approximate surface area is 228 Å². The van der Waals surface area contributed by atoms with Crippen molar-refractivity contribution in [3.63, 3.8) is 0 Å². The molecule has 1 heterocycles. The van der Waals surface area contributed by atoms with Crippen LogP contribution in [0.5, 0.6) is 0 Å². The van der Waals surface area contributed by atoms with Crippen LogP contribution in [0, 0.1) is 0 Å². The molecule has 0 spiro atoms. The topological polar surface area (TPSA) is 127 Å². The summed E-state index contributed by atoms with van der Waals surface area (Å²) >= 11 is 0. The second kappa shape index (κ2) is 19.0. The number of aliphatic imine (C=N–C) groups is 1. The standard InChI is InChI=1S/C24H44N2O6S.Na/c1-2-3-4-5-6-7-8-9-10-11-12-13-14-15-23(29)24-25-16-17-26(24,18-19-27)20-22(28)21-33(30,31)32;/h9-10,22,27-28H,2-8,11-21H2,1H3;/q;+1/b10-9+;. The molecule has 0 aromatic heterocycles. The summed E-state index contributed by atoms with van der Waals surface area (Å²) < 4.78 is 32.8. The molecule has 0 aromatic carbocycles. The van der Waals surface area contributed by atoms with Crippen LogP contribution in [-0.2, 0) is 14.9 Å². The monoisotopic (exact) mass is 511 g/mol. The number of nitrogens with zero attached hydrogens (tertiary/aromatic N) is 2. The fraction of sp³-hybridized carbons (Fsp3) is 0.833. The molecule has 2 unspecified atom stereocenters. The Hall–Kier alpha value is -0.130. The molecule has 0 aromatic rings. The van der Waals surface area contributed by atoms with Gasteiger partial charge in [-0.2, -0.15) is 0 Å². The fourth-order valence-corrected chi connectivity index (χ4v) is 5.02. The van der Waals surface area contributed by atoms with E-state index in [9.17, 15) is 28.0 Å². The van der Waals surface area contributed by atoms with E-state index < -0.39 is 22.0 Å². The number of carbonyl (C=O) groups is 1. The minimum Gasteiger partial charge on any atom is -0.748 e. The molecular formula is C24H44N2NaO6S+. The van der Waals surface area contributed by atoms with Crippen molar-refractivity contribution in [2.24, 2.45) is 4.99 Å². The number of unbranched alkanes of at least 4 members (excludes halogenated alkanes) is 9. The van der Waals surface area contributed by atoms with Gasteiger partial charge in [-0.1, -0.05) is 57.6 Å². The van der Waals surface area contributed by atoms with Gasteiger partial charge in [-0.25, -0.2) is 13.4 Å². The summed E-state index contributed by atoms with van der Waals surface area (Å²) in [5, 5.41) is 19.6. The van der Waals surface area contributed by atoms with Gasteiger partial charge in [0.15, 0.2) is 0 Å². The molecule has 0 amide bonds. The van der Waals surface area contributed by atoms with Gasteiger partial charge in [0, 0.05) is 6.42 Å². The van der Waals surface area contributed by atoms with Gasteiger partial charge < -0.3 is 14.8 Å². The summed E-state index contributed by atoms with van der Waals surface area (Å²) in [6, 6.07) is 0. The number of aliphatic hydroxyl groups excluding tert-OH is 2. The second-order valence-corrected chi connectivity index (χ2v) is 10.6. The normalized spacial score (nSPS) is 19.2. The van der Waals surface area contributed by atoms with Crippen LogP contribution >= 0.6 is 0 Å². The second-order valence-electron chi connectivity index (χ2n) is 9.13. The van der Waals surface area contributed by atoms with Crippen LogP contribution in [0.25, 0.3) is 0 Å². The SMILES string of the molecule is CCCCCCCC/C=C/CCCCCC(=O)C1=NCC[N+]1(CCO)CC(O)CS(=O)(=O)[O-].[Na+]. The van der Waals surface area contributed by atoms with Crippen LogP contribution < -0.4 is 29.6 Å². The molecule has 0 aliphatic carbocycles. The van der Waals surface area contributed by atoms with Crippen LogP contribution in [0.1, 0.15) is 84.0 Å². The van der Waals surface area contributed by atoms with E-state index in [1.54, 1.807) is 0 Å². The first-order chi connectivity index (χ1) is 15.7. The van der Waals surface area contributed by atoms with Crippen molar-refractivity contribution in [1.82, 2.24) is 0 Å². The number of Topliss-reactive ketones (excluding diaryl/α,β-unsaturated/α-hetero) is 1. The molecule has 2 N–H and O–H groups in total. The first kappa shape index (κ1) is 33.9. The number of amidine groups is 1. The van der Waals surface area contributed by atoms with Gasteiger partial charge >= 0.3 is 29.6 Å². The summed E-state index contributed by atoms with van der Waals surface area (Å²) in [5.74, 6) is -0.756. The molecule has 10 heteroatoms.